The first-order valence-electron chi connectivity index (χ1n) is 12.2. The van der Waals surface area contributed by atoms with Crippen molar-refractivity contribution >= 4 is 15.7 Å². The number of likely N-dealkylation sites (N-methyl/N-ethyl adjacent to an activating group) is 1. The van der Waals surface area contributed by atoms with Crippen molar-refractivity contribution in [1.82, 2.24) is 34.0 Å². The van der Waals surface area contributed by atoms with E-state index in [0.717, 1.165) is 38.6 Å². The van der Waals surface area contributed by atoms with Gasteiger partial charge in [0.2, 0.25) is 15.7 Å². The third kappa shape index (κ3) is 4.57. The molecule has 3 heterocycles. The summed E-state index contributed by atoms with van der Waals surface area (Å²) in [5.74, 6) is 1.53. The molecule has 0 amide bonds. The van der Waals surface area contributed by atoms with Crippen LogP contribution in [0.1, 0.15) is 50.8 Å². The van der Waals surface area contributed by atoms with Gasteiger partial charge in [0.25, 0.3) is 5.56 Å². The van der Waals surface area contributed by atoms with E-state index in [0.29, 0.717) is 43.4 Å². The molecule has 1 saturated heterocycles. The Labute approximate surface area is 204 Å². The summed E-state index contributed by atoms with van der Waals surface area (Å²) in [5, 5.41) is 13.0. The van der Waals surface area contributed by atoms with Crippen LogP contribution in [0.3, 0.4) is 0 Å². The van der Waals surface area contributed by atoms with Crippen LogP contribution < -0.4 is 10.3 Å². The standard InChI is InChI=1S/C23H31N7O4S/c1-3-34-19-10-9-17(35(32,33)29-12-6-11-28(2)13-14-29)15-18(19)20-24-23(31)22-26-25-21(30(22)27-20)16-7-4-5-8-16/h9-10,15-16H,3-8,11-14H2,1-2H3,(H,24,27,31). The van der Waals surface area contributed by atoms with Gasteiger partial charge >= 0.3 is 0 Å². The average Bonchev–Trinajstić information content (AvgIpc) is 3.46. The van der Waals surface area contributed by atoms with E-state index in [2.05, 4.69) is 25.2 Å². The number of nitrogens with one attached hydrogen (secondary N) is 1. The Balaban J connectivity index is 1.60. The highest BCUT2D eigenvalue weighted by Gasteiger charge is 2.28. The summed E-state index contributed by atoms with van der Waals surface area (Å²) in [6.07, 6.45) is 4.94. The number of rotatable bonds is 6. The summed E-state index contributed by atoms with van der Waals surface area (Å²) in [4.78, 5) is 17.9. The van der Waals surface area contributed by atoms with Crippen LogP contribution in [-0.4, -0.2) is 82.3 Å². The predicted octanol–water partition coefficient (Wildman–Crippen LogP) is 1.86. The highest BCUT2D eigenvalue weighted by Crippen LogP contribution is 2.34. The molecule has 12 heteroatoms. The van der Waals surface area contributed by atoms with Crippen molar-refractivity contribution in [2.45, 2.75) is 49.8 Å². The van der Waals surface area contributed by atoms with E-state index in [9.17, 15) is 13.2 Å². The maximum Gasteiger partial charge on any atom is 0.296 e. The Hall–Kier alpha value is -2.83. The van der Waals surface area contributed by atoms with Crippen LogP contribution in [0.2, 0.25) is 0 Å². The summed E-state index contributed by atoms with van der Waals surface area (Å²) in [5.41, 5.74) is 0.106. The largest absolute Gasteiger partial charge is 0.493 e. The minimum absolute atomic E-state index is 0.131. The van der Waals surface area contributed by atoms with Crippen LogP contribution >= 0.6 is 0 Å². The van der Waals surface area contributed by atoms with Gasteiger partial charge in [-0.25, -0.2) is 8.42 Å². The van der Waals surface area contributed by atoms with Gasteiger partial charge in [-0.1, -0.05) is 12.8 Å². The maximum absolute atomic E-state index is 13.5. The normalized spacial score (nSPS) is 18.8. The molecular weight excluding hydrogens is 470 g/mol. The lowest BCUT2D eigenvalue weighted by atomic mass is 10.1. The lowest BCUT2D eigenvalue weighted by Gasteiger charge is -2.21. The van der Waals surface area contributed by atoms with Gasteiger partial charge in [0, 0.05) is 25.6 Å². The molecular formula is C23H31N7O4S. The molecule has 5 rings (SSSR count). The Morgan fingerprint density at radius 3 is 2.66 bits per heavy atom. The summed E-state index contributed by atoms with van der Waals surface area (Å²) >= 11 is 0. The number of hydrogen-bond donors (Lipinski definition) is 1. The van der Waals surface area contributed by atoms with Gasteiger partial charge in [0.15, 0.2) is 11.6 Å². The maximum atomic E-state index is 13.5. The molecule has 2 fully saturated rings. The fourth-order valence-corrected chi connectivity index (χ4v) is 6.42. The first kappa shape index (κ1) is 23.9. The number of fused-ring (bicyclic) bond motifs is 1. The minimum atomic E-state index is -3.73. The number of ether oxygens (including phenoxy) is 1. The van der Waals surface area contributed by atoms with Gasteiger partial charge < -0.3 is 14.6 Å². The summed E-state index contributed by atoms with van der Waals surface area (Å²) in [7, 11) is -1.74. The van der Waals surface area contributed by atoms with E-state index < -0.39 is 15.6 Å². The molecule has 0 unspecified atom stereocenters. The van der Waals surface area contributed by atoms with Crippen molar-refractivity contribution in [3.8, 4) is 17.1 Å². The molecule has 3 aromatic rings. The van der Waals surface area contributed by atoms with Gasteiger partial charge in [-0.2, -0.15) is 8.82 Å². The first-order valence-corrected chi connectivity index (χ1v) is 13.6. The van der Waals surface area contributed by atoms with Gasteiger partial charge in [0.1, 0.15) is 5.75 Å². The molecule has 11 nitrogen and oxygen atoms in total. The predicted molar refractivity (Wildman–Crippen MR) is 130 cm³/mol. The monoisotopic (exact) mass is 501 g/mol. The number of nitrogens with zero attached hydrogens (tertiary/aromatic N) is 6. The Morgan fingerprint density at radius 2 is 1.89 bits per heavy atom. The number of sulfonamides is 1. The lowest BCUT2D eigenvalue weighted by molar-refractivity contribution is 0.341. The van der Waals surface area contributed by atoms with Crippen molar-refractivity contribution in [1.29, 1.82) is 0 Å². The Bertz CT molecular complexity index is 1380. The molecule has 1 aliphatic heterocycles. The van der Waals surface area contributed by atoms with Crippen molar-refractivity contribution in [2.75, 3.05) is 39.8 Å². The van der Waals surface area contributed by atoms with Crippen molar-refractivity contribution in [2.24, 2.45) is 0 Å². The zero-order valence-electron chi connectivity index (χ0n) is 20.1. The molecule has 2 aromatic heterocycles. The van der Waals surface area contributed by atoms with E-state index in [1.54, 1.807) is 18.2 Å². The minimum Gasteiger partial charge on any atom is -0.493 e. The molecule has 1 N–H and O–H groups in total. The fraction of sp³-hybridized carbons (Fsp3) is 0.565. The summed E-state index contributed by atoms with van der Waals surface area (Å²) in [6.45, 7) is 4.64. The highest BCUT2D eigenvalue weighted by atomic mass is 32.2. The van der Waals surface area contributed by atoms with Crippen LogP contribution in [-0.2, 0) is 10.0 Å². The molecule has 2 aliphatic rings. The van der Waals surface area contributed by atoms with E-state index in [-0.39, 0.29) is 22.3 Å². The smallest absolute Gasteiger partial charge is 0.296 e. The van der Waals surface area contributed by atoms with Crippen LogP contribution in [0.15, 0.2) is 27.9 Å². The molecule has 1 aliphatic carbocycles. The number of H-pyrrole nitrogens is 1. The van der Waals surface area contributed by atoms with Crippen LogP contribution in [0.5, 0.6) is 5.75 Å². The average molecular weight is 502 g/mol. The number of hydrogen-bond acceptors (Lipinski definition) is 8. The molecule has 0 bridgehead atoms. The van der Waals surface area contributed by atoms with Crippen LogP contribution in [0.25, 0.3) is 17.0 Å². The summed E-state index contributed by atoms with van der Waals surface area (Å²) in [6, 6.07) is 4.72. The van der Waals surface area contributed by atoms with Crippen molar-refractivity contribution in [3.05, 3.63) is 34.4 Å². The van der Waals surface area contributed by atoms with Crippen LogP contribution in [0.4, 0.5) is 0 Å². The Morgan fingerprint density at radius 1 is 1.09 bits per heavy atom. The first-order chi connectivity index (χ1) is 16.9. The van der Waals surface area contributed by atoms with Gasteiger partial charge in [-0.05, 0) is 58.0 Å². The molecule has 0 radical (unpaired) electrons. The molecule has 0 atom stereocenters. The summed E-state index contributed by atoms with van der Waals surface area (Å²) < 4.78 is 35.8. The van der Waals surface area contributed by atoms with E-state index in [1.807, 2.05) is 14.0 Å². The number of aromatic nitrogens is 5. The number of benzene rings is 1. The van der Waals surface area contributed by atoms with Gasteiger partial charge in [-0.3, -0.25) is 4.79 Å². The van der Waals surface area contributed by atoms with E-state index in [1.165, 1.54) is 8.82 Å². The van der Waals surface area contributed by atoms with E-state index >= 15 is 0 Å². The van der Waals surface area contributed by atoms with Crippen molar-refractivity contribution in [3.63, 3.8) is 0 Å². The third-order valence-corrected chi connectivity index (χ3v) is 8.74. The zero-order chi connectivity index (χ0) is 24.6. The molecule has 1 saturated carbocycles. The lowest BCUT2D eigenvalue weighted by Crippen LogP contribution is -2.34. The molecule has 188 valence electrons. The Kier molecular flexibility index (Phi) is 6.60. The molecule has 1 aromatic carbocycles. The van der Waals surface area contributed by atoms with E-state index in [4.69, 9.17) is 4.74 Å². The second kappa shape index (κ2) is 9.67. The SMILES string of the molecule is CCOc1ccc(S(=O)(=O)N2CCCN(C)CC2)cc1-c1nn2c(C3CCCC3)nnc2c(=O)[nH]1. The zero-order valence-corrected chi connectivity index (χ0v) is 20.9. The number of aromatic amines is 1. The van der Waals surface area contributed by atoms with Crippen LogP contribution in [0, 0.1) is 0 Å². The third-order valence-electron chi connectivity index (χ3n) is 6.84. The van der Waals surface area contributed by atoms with Gasteiger partial charge in [-0.15, -0.1) is 15.3 Å². The second-order valence-electron chi connectivity index (χ2n) is 9.23. The quantitative estimate of drug-likeness (QED) is 0.543. The van der Waals surface area contributed by atoms with Crippen molar-refractivity contribution < 1.29 is 13.2 Å². The van der Waals surface area contributed by atoms with Gasteiger partial charge in [0.05, 0.1) is 17.1 Å². The fourth-order valence-electron chi connectivity index (χ4n) is 4.93. The molecule has 0 spiro atoms. The molecule has 35 heavy (non-hydrogen) atoms. The highest BCUT2D eigenvalue weighted by molar-refractivity contribution is 7.89. The second-order valence-corrected chi connectivity index (χ2v) is 11.2. The topological polar surface area (TPSA) is 126 Å².